The van der Waals surface area contributed by atoms with Crippen LogP contribution in [0.4, 0.5) is 10.5 Å². The van der Waals surface area contributed by atoms with Crippen LogP contribution in [-0.2, 0) is 4.79 Å². The van der Waals surface area contributed by atoms with Gasteiger partial charge >= 0.3 is 6.03 Å². The molecular weight excluding hydrogens is 282 g/mol. The molecule has 0 heterocycles. The second-order valence-electron chi connectivity index (χ2n) is 6.29. The third-order valence-corrected chi connectivity index (χ3v) is 2.84. The molecule has 0 aliphatic rings. The molecule has 1 aromatic carbocycles. The molecule has 0 unspecified atom stereocenters. The van der Waals surface area contributed by atoms with Crippen molar-refractivity contribution in [2.75, 3.05) is 26.0 Å². The van der Waals surface area contributed by atoms with Crippen LogP contribution in [0.3, 0.4) is 0 Å². The first-order valence-corrected chi connectivity index (χ1v) is 7.10. The number of carbonyl (C=O) groups is 2. The molecule has 0 aromatic heterocycles. The SMILES string of the molecule is COc1ccc(C)cc1NC(=O)N(C)CC(=O)NC(C)(C)C. The van der Waals surface area contributed by atoms with Gasteiger partial charge in [0, 0.05) is 12.6 Å². The van der Waals surface area contributed by atoms with Crippen LogP contribution in [0.15, 0.2) is 18.2 Å². The number of nitrogens with one attached hydrogen (secondary N) is 2. The molecule has 0 aliphatic carbocycles. The quantitative estimate of drug-likeness (QED) is 0.897. The van der Waals surface area contributed by atoms with Crippen molar-refractivity contribution in [3.63, 3.8) is 0 Å². The first-order valence-electron chi connectivity index (χ1n) is 7.10. The second-order valence-corrected chi connectivity index (χ2v) is 6.29. The first-order chi connectivity index (χ1) is 10.1. The largest absolute Gasteiger partial charge is 0.495 e. The van der Waals surface area contributed by atoms with E-state index in [1.165, 1.54) is 4.90 Å². The van der Waals surface area contributed by atoms with Gasteiger partial charge in [0.15, 0.2) is 0 Å². The van der Waals surface area contributed by atoms with Crippen molar-refractivity contribution >= 4 is 17.6 Å². The molecule has 0 atom stereocenters. The Morgan fingerprint density at radius 3 is 2.45 bits per heavy atom. The molecule has 6 heteroatoms. The van der Waals surface area contributed by atoms with E-state index in [9.17, 15) is 9.59 Å². The maximum absolute atomic E-state index is 12.2. The van der Waals surface area contributed by atoms with E-state index in [4.69, 9.17) is 4.74 Å². The lowest BCUT2D eigenvalue weighted by Crippen LogP contribution is -2.47. The predicted octanol–water partition coefficient (Wildman–Crippen LogP) is 2.38. The predicted molar refractivity (Wildman–Crippen MR) is 87.3 cm³/mol. The summed E-state index contributed by atoms with van der Waals surface area (Å²) in [5, 5.41) is 5.57. The Labute approximate surface area is 131 Å². The molecule has 0 spiro atoms. The number of ether oxygens (including phenoxy) is 1. The van der Waals surface area contributed by atoms with E-state index in [1.807, 2.05) is 39.8 Å². The monoisotopic (exact) mass is 307 g/mol. The normalized spacial score (nSPS) is 10.8. The molecule has 0 bridgehead atoms. The van der Waals surface area contributed by atoms with E-state index in [2.05, 4.69) is 10.6 Å². The topological polar surface area (TPSA) is 70.7 Å². The maximum atomic E-state index is 12.2. The van der Waals surface area contributed by atoms with Crippen molar-refractivity contribution in [1.29, 1.82) is 0 Å². The van der Waals surface area contributed by atoms with Gasteiger partial charge in [-0.2, -0.15) is 0 Å². The van der Waals surface area contributed by atoms with Crippen LogP contribution in [-0.4, -0.2) is 43.1 Å². The Morgan fingerprint density at radius 1 is 1.27 bits per heavy atom. The van der Waals surface area contributed by atoms with Gasteiger partial charge in [0.2, 0.25) is 5.91 Å². The summed E-state index contributed by atoms with van der Waals surface area (Å²) in [4.78, 5) is 25.3. The van der Waals surface area contributed by atoms with Gasteiger partial charge in [0.05, 0.1) is 12.8 Å². The second kappa shape index (κ2) is 7.15. The fourth-order valence-corrected chi connectivity index (χ4v) is 1.88. The number of aryl methyl sites for hydroxylation is 1. The average Bonchev–Trinajstić information content (AvgIpc) is 2.36. The van der Waals surface area contributed by atoms with Crippen LogP contribution in [0.5, 0.6) is 5.75 Å². The number of rotatable bonds is 4. The standard InChI is InChI=1S/C16H25N3O3/c1-11-7-8-13(22-6)12(9-11)17-15(21)19(5)10-14(20)18-16(2,3)4/h7-9H,10H2,1-6H3,(H,17,21)(H,18,20). The van der Waals surface area contributed by atoms with Crippen LogP contribution in [0.2, 0.25) is 0 Å². The molecular formula is C16H25N3O3. The van der Waals surface area contributed by atoms with E-state index in [0.717, 1.165) is 5.56 Å². The fourth-order valence-electron chi connectivity index (χ4n) is 1.88. The third kappa shape index (κ3) is 5.63. The first kappa shape index (κ1) is 17.8. The van der Waals surface area contributed by atoms with Gasteiger partial charge in [-0.1, -0.05) is 6.07 Å². The van der Waals surface area contributed by atoms with Crippen molar-refractivity contribution < 1.29 is 14.3 Å². The Balaban J connectivity index is 2.69. The summed E-state index contributed by atoms with van der Waals surface area (Å²) >= 11 is 0. The van der Waals surface area contributed by atoms with Crippen LogP contribution in [0.25, 0.3) is 0 Å². The lowest BCUT2D eigenvalue weighted by molar-refractivity contribution is -0.122. The molecule has 1 aromatic rings. The zero-order valence-corrected chi connectivity index (χ0v) is 14.1. The summed E-state index contributed by atoms with van der Waals surface area (Å²) in [6, 6.07) is 5.14. The molecule has 0 radical (unpaired) electrons. The summed E-state index contributed by atoms with van der Waals surface area (Å²) in [5.41, 5.74) is 1.26. The van der Waals surface area contributed by atoms with Gasteiger partial charge in [0.1, 0.15) is 12.3 Å². The molecule has 2 N–H and O–H groups in total. The highest BCUT2D eigenvalue weighted by Gasteiger charge is 2.18. The van der Waals surface area contributed by atoms with Crippen molar-refractivity contribution in [2.45, 2.75) is 33.2 Å². The number of carbonyl (C=O) groups excluding carboxylic acids is 2. The van der Waals surface area contributed by atoms with Gasteiger partial charge in [-0.15, -0.1) is 0 Å². The highest BCUT2D eigenvalue weighted by Crippen LogP contribution is 2.25. The number of urea groups is 1. The molecule has 0 aliphatic heterocycles. The molecule has 0 saturated heterocycles. The van der Waals surface area contributed by atoms with Gasteiger partial charge in [-0.25, -0.2) is 4.79 Å². The zero-order chi connectivity index (χ0) is 16.9. The minimum absolute atomic E-state index is 0.0166. The Bertz CT molecular complexity index is 550. The van der Waals surface area contributed by atoms with E-state index in [1.54, 1.807) is 20.2 Å². The average molecular weight is 307 g/mol. The van der Waals surface area contributed by atoms with Crippen molar-refractivity contribution in [3.8, 4) is 5.75 Å². The minimum Gasteiger partial charge on any atom is -0.495 e. The molecule has 1 rings (SSSR count). The molecule has 6 nitrogen and oxygen atoms in total. The number of anilines is 1. The highest BCUT2D eigenvalue weighted by atomic mass is 16.5. The van der Waals surface area contributed by atoms with E-state index in [-0.39, 0.29) is 24.0 Å². The summed E-state index contributed by atoms with van der Waals surface area (Å²) < 4.78 is 5.22. The Hall–Kier alpha value is -2.24. The number of amides is 3. The lowest BCUT2D eigenvalue weighted by Gasteiger charge is -2.23. The van der Waals surface area contributed by atoms with Crippen LogP contribution >= 0.6 is 0 Å². The lowest BCUT2D eigenvalue weighted by atomic mass is 10.1. The minimum atomic E-state index is -0.368. The number of benzene rings is 1. The summed E-state index contributed by atoms with van der Waals surface area (Å²) in [6.45, 7) is 7.58. The number of hydrogen-bond acceptors (Lipinski definition) is 3. The fraction of sp³-hybridized carbons (Fsp3) is 0.500. The van der Waals surface area contributed by atoms with Gasteiger partial charge < -0.3 is 20.3 Å². The molecule has 3 amide bonds. The number of hydrogen-bond donors (Lipinski definition) is 2. The van der Waals surface area contributed by atoms with Crippen LogP contribution < -0.4 is 15.4 Å². The Morgan fingerprint density at radius 2 is 1.91 bits per heavy atom. The van der Waals surface area contributed by atoms with Crippen LogP contribution in [0.1, 0.15) is 26.3 Å². The number of nitrogens with zero attached hydrogens (tertiary/aromatic N) is 1. The molecule has 122 valence electrons. The third-order valence-electron chi connectivity index (χ3n) is 2.84. The van der Waals surface area contributed by atoms with Crippen LogP contribution in [0, 0.1) is 6.92 Å². The van der Waals surface area contributed by atoms with Crippen molar-refractivity contribution in [3.05, 3.63) is 23.8 Å². The van der Waals surface area contributed by atoms with Crippen molar-refractivity contribution in [2.24, 2.45) is 0 Å². The molecule has 0 saturated carbocycles. The number of methoxy groups -OCH3 is 1. The summed E-state index contributed by atoms with van der Waals surface area (Å²) in [5.74, 6) is 0.368. The zero-order valence-electron chi connectivity index (χ0n) is 14.1. The maximum Gasteiger partial charge on any atom is 0.322 e. The Kier molecular flexibility index (Phi) is 5.79. The highest BCUT2D eigenvalue weighted by molar-refractivity contribution is 5.93. The van der Waals surface area contributed by atoms with Gasteiger partial charge in [-0.3, -0.25) is 4.79 Å². The van der Waals surface area contributed by atoms with E-state index >= 15 is 0 Å². The van der Waals surface area contributed by atoms with Gasteiger partial charge in [-0.05, 0) is 45.4 Å². The smallest absolute Gasteiger partial charge is 0.322 e. The van der Waals surface area contributed by atoms with Crippen molar-refractivity contribution in [1.82, 2.24) is 10.2 Å². The van der Waals surface area contributed by atoms with E-state index < -0.39 is 0 Å². The summed E-state index contributed by atoms with van der Waals surface area (Å²) in [7, 11) is 3.11. The number of likely N-dealkylation sites (N-methyl/N-ethyl adjacent to an activating group) is 1. The van der Waals surface area contributed by atoms with Gasteiger partial charge in [0.25, 0.3) is 0 Å². The van der Waals surface area contributed by atoms with E-state index in [0.29, 0.717) is 11.4 Å². The summed E-state index contributed by atoms with van der Waals surface area (Å²) in [6.07, 6.45) is 0. The molecule has 0 fully saturated rings. The molecule has 22 heavy (non-hydrogen) atoms.